The predicted molar refractivity (Wildman–Crippen MR) is 80.5 cm³/mol. The van der Waals surface area contributed by atoms with E-state index >= 15 is 0 Å². The van der Waals surface area contributed by atoms with Crippen LogP contribution in [0.3, 0.4) is 0 Å². The largest absolute Gasteiger partial charge is 0.488 e. The molecule has 2 aromatic carbocycles. The summed E-state index contributed by atoms with van der Waals surface area (Å²) >= 11 is 5.85. The van der Waals surface area contributed by atoms with Crippen molar-refractivity contribution in [1.29, 1.82) is 0 Å². The van der Waals surface area contributed by atoms with Crippen LogP contribution in [0.25, 0.3) is 0 Å². The molecule has 104 valence electrons. The molecule has 2 rings (SSSR count). The van der Waals surface area contributed by atoms with Crippen LogP contribution in [0.4, 0.5) is 10.1 Å². The molecule has 0 aliphatic heterocycles. The Balaban J connectivity index is 2.18. The van der Waals surface area contributed by atoms with Crippen molar-refractivity contribution in [2.45, 2.75) is 13.0 Å². The van der Waals surface area contributed by atoms with E-state index in [0.29, 0.717) is 28.4 Å². The monoisotopic (exact) mass is 291 g/mol. The Bertz CT molecular complexity index is 628. The van der Waals surface area contributed by atoms with Gasteiger partial charge in [0.2, 0.25) is 0 Å². The van der Waals surface area contributed by atoms with E-state index in [9.17, 15) is 4.39 Å². The second-order valence-corrected chi connectivity index (χ2v) is 4.82. The van der Waals surface area contributed by atoms with E-state index in [0.717, 1.165) is 5.56 Å². The second kappa shape index (κ2) is 6.44. The van der Waals surface area contributed by atoms with E-state index in [1.807, 2.05) is 6.07 Å². The third kappa shape index (κ3) is 3.52. The van der Waals surface area contributed by atoms with Crippen LogP contribution in [0.5, 0.6) is 5.75 Å². The minimum Gasteiger partial charge on any atom is -0.488 e. The molecule has 2 aromatic rings. The molecule has 0 fully saturated rings. The number of allylic oxidation sites excluding steroid dienone is 1. The molecule has 0 saturated carbocycles. The van der Waals surface area contributed by atoms with Gasteiger partial charge in [-0.1, -0.05) is 17.7 Å². The molecular weight excluding hydrogens is 277 g/mol. The van der Waals surface area contributed by atoms with Gasteiger partial charge in [0.05, 0.1) is 0 Å². The Hall–Kier alpha value is -2.00. The Labute approximate surface area is 122 Å². The lowest BCUT2D eigenvalue weighted by molar-refractivity contribution is 0.297. The number of ether oxygens (including phenoxy) is 1. The van der Waals surface area contributed by atoms with Crippen molar-refractivity contribution in [3.63, 3.8) is 0 Å². The highest BCUT2D eigenvalue weighted by Gasteiger charge is 2.07. The summed E-state index contributed by atoms with van der Waals surface area (Å²) < 4.78 is 19.3. The van der Waals surface area contributed by atoms with E-state index in [4.69, 9.17) is 22.1 Å². The lowest BCUT2D eigenvalue weighted by atomic mass is 10.1. The van der Waals surface area contributed by atoms with Crippen LogP contribution in [0.15, 0.2) is 49.1 Å². The smallest absolute Gasteiger partial charge is 0.129 e. The highest BCUT2D eigenvalue weighted by atomic mass is 35.5. The lowest BCUT2D eigenvalue weighted by Gasteiger charge is -2.12. The summed E-state index contributed by atoms with van der Waals surface area (Å²) in [4.78, 5) is 0. The van der Waals surface area contributed by atoms with Crippen molar-refractivity contribution in [3.8, 4) is 5.75 Å². The lowest BCUT2D eigenvalue weighted by Crippen LogP contribution is -2.01. The summed E-state index contributed by atoms with van der Waals surface area (Å²) in [5.74, 6) is 0.327. The van der Waals surface area contributed by atoms with Gasteiger partial charge in [-0.15, -0.1) is 6.58 Å². The first kappa shape index (κ1) is 14.4. The molecule has 20 heavy (non-hydrogen) atoms. The number of nitrogens with two attached hydrogens (primary N) is 1. The molecule has 0 atom stereocenters. The zero-order chi connectivity index (χ0) is 14.5. The van der Waals surface area contributed by atoms with Crippen LogP contribution < -0.4 is 10.5 Å². The highest BCUT2D eigenvalue weighted by molar-refractivity contribution is 6.30. The molecule has 0 unspecified atom stereocenters. The maximum atomic E-state index is 13.6. The van der Waals surface area contributed by atoms with Crippen molar-refractivity contribution in [2.75, 3.05) is 5.73 Å². The Morgan fingerprint density at radius 3 is 2.75 bits per heavy atom. The highest BCUT2D eigenvalue weighted by Crippen LogP contribution is 2.24. The van der Waals surface area contributed by atoms with Gasteiger partial charge in [-0.25, -0.2) is 4.39 Å². The fourth-order valence-electron chi connectivity index (χ4n) is 1.86. The van der Waals surface area contributed by atoms with Crippen LogP contribution in [0.1, 0.15) is 11.1 Å². The first-order valence-electron chi connectivity index (χ1n) is 6.16. The topological polar surface area (TPSA) is 35.2 Å². The van der Waals surface area contributed by atoms with E-state index < -0.39 is 0 Å². The van der Waals surface area contributed by atoms with E-state index in [-0.39, 0.29) is 12.4 Å². The molecule has 2 nitrogen and oxygen atoms in total. The van der Waals surface area contributed by atoms with Crippen LogP contribution >= 0.6 is 11.6 Å². The van der Waals surface area contributed by atoms with E-state index in [2.05, 4.69) is 6.58 Å². The first-order valence-corrected chi connectivity index (χ1v) is 6.54. The van der Waals surface area contributed by atoms with Gasteiger partial charge >= 0.3 is 0 Å². The van der Waals surface area contributed by atoms with Gasteiger partial charge in [0.1, 0.15) is 18.2 Å². The zero-order valence-electron chi connectivity index (χ0n) is 10.9. The van der Waals surface area contributed by atoms with Gasteiger partial charge in [0, 0.05) is 16.3 Å². The van der Waals surface area contributed by atoms with Crippen molar-refractivity contribution >= 4 is 17.3 Å². The standard InChI is InChI=1S/C16H15ClFNO/c1-2-3-11-9-14(19)5-7-16(11)20-10-12-8-13(17)4-6-15(12)18/h2,4-9H,1,3,10,19H2. The van der Waals surface area contributed by atoms with Crippen LogP contribution in [0.2, 0.25) is 5.02 Å². The quantitative estimate of drug-likeness (QED) is 0.656. The van der Waals surface area contributed by atoms with Gasteiger partial charge in [-0.05, 0) is 48.4 Å². The van der Waals surface area contributed by atoms with Gasteiger partial charge < -0.3 is 10.5 Å². The Morgan fingerprint density at radius 2 is 2.00 bits per heavy atom. The van der Waals surface area contributed by atoms with Gasteiger partial charge in [-0.3, -0.25) is 0 Å². The molecule has 0 bridgehead atoms. The molecule has 0 aliphatic rings. The molecule has 0 saturated heterocycles. The summed E-state index contributed by atoms with van der Waals surface area (Å²) in [7, 11) is 0. The average Bonchev–Trinajstić information content (AvgIpc) is 2.42. The first-order chi connectivity index (χ1) is 9.60. The SMILES string of the molecule is C=CCc1cc(N)ccc1OCc1cc(Cl)ccc1F. The van der Waals surface area contributed by atoms with Gasteiger partial charge in [0.15, 0.2) is 0 Å². The minimum atomic E-state index is -0.338. The summed E-state index contributed by atoms with van der Waals surface area (Å²) in [6.45, 7) is 3.81. The van der Waals surface area contributed by atoms with Crippen LogP contribution in [-0.4, -0.2) is 0 Å². The molecule has 4 heteroatoms. The second-order valence-electron chi connectivity index (χ2n) is 4.38. The normalized spacial score (nSPS) is 10.3. The number of anilines is 1. The Morgan fingerprint density at radius 1 is 1.20 bits per heavy atom. The number of rotatable bonds is 5. The molecular formula is C16H15ClFNO. The summed E-state index contributed by atoms with van der Waals surface area (Å²) in [5.41, 5.74) is 7.73. The van der Waals surface area contributed by atoms with Crippen molar-refractivity contribution < 1.29 is 9.13 Å². The molecule has 2 N–H and O–H groups in total. The predicted octanol–water partition coefficient (Wildman–Crippen LogP) is 4.37. The summed E-state index contributed by atoms with van der Waals surface area (Å²) in [6, 6.07) is 9.74. The molecule has 0 spiro atoms. The van der Waals surface area contributed by atoms with Crippen molar-refractivity contribution in [1.82, 2.24) is 0 Å². The number of benzene rings is 2. The molecule has 0 radical (unpaired) electrons. The van der Waals surface area contributed by atoms with E-state index in [1.165, 1.54) is 12.1 Å². The summed E-state index contributed by atoms with van der Waals surface area (Å²) in [6.07, 6.45) is 2.40. The zero-order valence-corrected chi connectivity index (χ0v) is 11.7. The average molecular weight is 292 g/mol. The van der Waals surface area contributed by atoms with Crippen molar-refractivity contribution in [2.24, 2.45) is 0 Å². The maximum Gasteiger partial charge on any atom is 0.129 e. The van der Waals surface area contributed by atoms with Crippen LogP contribution in [-0.2, 0) is 13.0 Å². The molecule has 0 aliphatic carbocycles. The number of hydrogen-bond acceptors (Lipinski definition) is 2. The van der Waals surface area contributed by atoms with E-state index in [1.54, 1.807) is 24.3 Å². The fraction of sp³-hybridized carbons (Fsp3) is 0.125. The number of hydrogen-bond donors (Lipinski definition) is 1. The maximum absolute atomic E-state index is 13.6. The Kier molecular flexibility index (Phi) is 4.64. The molecule has 0 aromatic heterocycles. The summed E-state index contributed by atoms with van der Waals surface area (Å²) in [5, 5.41) is 0.480. The third-order valence-electron chi connectivity index (χ3n) is 2.84. The number of halogens is 2. The van der Waals surface area contributed by atoms with Crippen LogP contribution in [0, 0.1) is 5.82 Å². The van der Waals surface area contributed by atoms with Crippen molar-refractivity contribution in [3.05, 3.63) is 71.0 Å². The molecule has 0 amide bonds. The fourth-order valence-corrected chi connectivity index (χ4v) is 2.06. The third-order valence-corrected chi connectivity index (χ3v) is 3.07. The number of nitrogen functional groups attached to an aromatic ring is 1. The minimum absolute atomic E-state index is 0.112. The van der Waals surface area contributed by atoms with Gasteiger partial charge in [0.25, 0.3) is 0 Å². The molecule has 0 heterocycles. The van der Waals surface area contributed by atoms with Gasteiger partial charge in [-0.2, -0.15) is 0 Å².